The molecule has 60 valence electrons. The highest BCUT2D eigenvalue weighted by Gasteiger charge is 1.95. The first-order chi connectivity index (χ1) is 5.33. The van der Waals surface area contributed by atoms with Gasteiger partial charge in [-0.05, 0) is 12.2 Å². The number of H-pyrrole nitrogens is 1. The second-order valence-electron chi connectivity index (χ2n) is 1.83. The van der Waals surface area contributed by atoms with Crippen LogP contribution in [0.25, 0.3) is 0 Å². The van der Waals surface area contributed by atoms with Crippen LogP contribution >= 0.6 is 12.2 Å². The minimum atomic E-state index is 0.172. The lowest BCUT2D eigenvalue weighted by Gasteiger charge is -2.02. The van der Waals surface area contributed by atoms with Crippen LogP contribution < -0.4 is 11.3 Å². The normalized spacial score (nSPS) is 9.18. The molecular weight excluding hydrogens is 164 g/mol. The van der Waals surface area contributed by atoms with Gasteiger partial charge in [0.25, 0.3) is 5.17 Å². The topological polar surface area (TPSA) is 76.0 Å². The smallest absolute Gasteiger partial charge is 0.271 e. The van der Waals surface area contributed by atoms with Gasteiger partial charge in [-0.25, -0.2) is 5.84 Å². The third kappa shape index (κ3) is 2.52. The molecule has 0 aliphatic heterocycles. The van der Waals surface area contributed by atoms with Gasteiger partial charge in [-0.15, -0.1) is 0 Å². The average Bonchev–Trinajstić information content (AvgIpc) is 2.52. The Morgan fingerprint density at radius 1 is 1.91 bits per heavy atom. The van der Waals surface area contributed by atoms with Crippen LogP contribution in [0.5, 0.6) is 0 Å². The van der Waals surface area contributed by atoms with Crippen LogP contribution in [-0.2, 0) is 11.3 Å². The lowest BCUT2D eigenvalue weighted by Crippen LogP contribution is -2.30. The minimum absolute atomic E-state index is 0.172. The SMILES string of the molecule is NNC(=S)OCc1cn[nH]c1. The zero-order valence-corrected chi connectivity index (χ0v) is 6.52. The largest absolute Gasteiger partial charge is 0.465 e. The Morgan fingerprint density at radius 3 is 3.27 bits per heavy atom. The third-order valence-corrected chi connectivity index (χ3v) is 1.28. The van der Waals surface area contributed by atoms with Gasteiger partial charge in [-0.2, -0.15) is 5.10 Å². The predicted octanol–water partition coefficient (Wildman–Crippen LogP) is -0.326. The van der Waals surface area contributed by atoms with Gasteiger partial charge in [0, 0.05) is 11.8 Å². The van der Waals surface area contributed by atoms with Crippen LogP contribution in [0.1, 0.15) is 5.56 Å². The molecule has 6 heteroatoms. The summed E-state index contributed by atoms with van der Waals surface area (Å²) in [5.74, 6) is 4.97. The molecule has 1 aromatic heterocycles. The van der Waals surface area contributed by atoms with E-state index in [0.717, 1.165) is 5.56 Å². The van der Waals surface area contributed by atoms with Crippen LogP contribution in [-0.4, -0.2) is 15.4 Å². The number of hydrazine groups is 1. The lowest BCUT2D eigenvalue weighted by molar-refractivity contribution is 0.287. The first-order valence-corrected chi connectivity index (χ1v) is 3.35. The van der Waals surface area contributed by atoms with Gasteiger partial charge in [0.1, 0.15) is 6.61 Å². The molecule has 0 atom stereocenters. The van der Waals surface area contributed by atoms with Gasteiger partial charge in [0.05, 0.1) is 6.20 Å². The van der Waals surface area contributed by atoms with Crippen LogP contribution in [0.4, 0.5) is 0 Å². The van der Waals surface area contributed by atoms with Crippen molar-refractivity contribution in [1.82, 2.24) is 15.6 Å². The molecule has 0 spiro atoms. The molecule has 5 nitrogen and oxygen atoms in total. The Bertz CT molecular complexity index is 222. The molecule has 1 rings (SSSR count). The molecule has 0 radical (unpaired) electrons. The van der Waals surface area contributed by atoms with Crippen molar-refractivity contribution < 1.29 is 4.74 Å². The molecule has 0 saturated heterocycles. The number of ether oxygens (including phenoxy) is 1. The predicted molar refractivity (Wildman–Crippen MR) is 43.3 cm³/mol. The van der Waals surface area contributed by atoms with E-state index in [9.17, 15) is 0 Å². The first kappa shape index (κ1) is 7.96. The molecule has 1 heterocycles. The van der Waals surface area contributed by atoms with E-state index < -0.39 is 0 Å². The molecule has 0 aromatic carbocycles. The molecule has 0 unspecified atom stereocenters. The first-order valence-electron chi connectivity index (χ1n) is 2.94. The highest BCUT2D eigenvalue weighted by atomic mass is 32.1. The summed E-state index contributed by atoms with van der Waals surface area (Å²) in [6.45, 7) is 0.375. The zero-order valence-electron chi connectivity index (χ0n) is 5.70. The summed E-state index contributed by atoms with van der Waals surface area (Å²) < 4.78 is 4.97. The summed E-state index contributed by atoms with van der Waals surface area (Å²) in [4.78, 5) is 0. The quantitative estimate of drug-likeness (QED) is 0.323. The van der Waals surface area contributed by atoms with Crippen molar-refractivity contribution in [2.75, 3.05) is 0 Å². The van der Waals surface area contributed by atoms with Crippen molar-refractivity contribution in [3.63, 3.8) is 0 Å². The fourth-order valence-corrected chi connectivity index (χ4v) is 0.606. The summed E-state index contributed by atoms with van der Waals surface area (Å²) in [7, 11) is 0. The van der Waals surface area contributed by atoms with Crippen molar-refractivity contribution in [2.24, 2.45) is 5.84 Å². The van der Waals surface area contributed by atoms with E-state index in [1.54, 1.807) is 12.4 Å². The summed E-state index contributed by atoms with van der Waals surface area (Å²) in [5.41, 5.74) is 3.13. The standard InChI is InChI=1S/C5H8N4OS/c6-9-5(11)10-3-4-1-7-8-2-4/h1-2H,3,6H2,(H,7,8)(H,9,11). The average molecular weight is 172 g/mol. The maximum Gasteiger partial charge on any atom is 0.271 e. The Kier molecular flexibility index (Phi) is 2.82. The molecular formula is C5H8N4OS. The Morgan fingerprint density at radius 2 is 2.73 bits per heavy atom. The highest BCUT2D eigenvalue weighted by molar-refractivity contribution is 7.80. The molecule has 1 aromatic rings. The number of hydrogen-bond donors (Lipinski definition) is 3. The second kappa shape index (κ2) is 3.89. The van der Waals surface area contributed by atoms with Gasteiger partial charge < -0.3 is 4.74 Å². The van der Waals surface area contributed by atoms with Gasteiger partial charge >= 0.3 is 0 Å². The van der Waals surface area contributed by atoms with Crippen molar-refractivity contribution >= 4 is 17.4 Å². The number of aromatic amines is 1. The van der Waals surface area contributed by atoms with Gasteiger partial charge in [-0.3, -0.25) is 10.5 Å². The van der Waals surface area contributed by atoms with E-state index in [1.807, 2.05) is 0 Å². The van der Waals surface area contributed by atoms with E-state index >= 15 is 0 Å². The molecule has 0 amide bonds. The van der Waals surface area contributed by atoms with Crippen LogP contribution in [0.15, 0.2) is 12.4 Å². The van der Waals surface area contributed by atoms with Crippen LogP contribution in [0, 0.1) is 0 Å². The number of hydrogen-bond acceptors (Lipinski definition) is 4. The third-order valence-electron chi connectivity index (χ3n) is 1.04. The highest BCUT2D eigenvalue weighted by Crippen LogP contribution is 1.95. The van der Waals surface area contributed by atoms with Gasteiger partial charge in [0.15, 0.2) is 0 Å². The fourth-order valence-electron chi connectivity index (χ4n) is 0.547. The van der Waals surface area contributed by atoms with E-state index in [4.69, 9.17) is 10.6 Å². The summed E-state index contributed by atoms with van der Waals surface area (Å²) in [5, 5.41) is 6.54. The molecule has 0 bridgehead atoms. The minimum Gasteiger partial charge on any atom is -0.465 e. The number of aromatic nitrogens is 2. The summed E-state index contributed by atoms with van der Waals surface area (Å²) in [6, 6.07) is 0. The summed E-state index contributed by atoms with van der Waals surface area (Å²) in [6.07, 6.45) is 3.37. The van der Waals surface area contributed by atoms with Crippen molar-refractivity contribution in [1.29, 1.82) is 0 Å². The molecule has 0 saturated carbocycles. The van der Waals surface area contributed by atoms with Crippen LogP contribution in [0.2, 0.25) is 0 Å². The Labute approximate surface area is 68.9 Å². The maximum absolute atomic E-state index is 4.97. The molecule has 4 N–H and O–H groups in total. The Balaban J connectivity index is 2.29. The maximum atomic E-state index is 4.97. The summed E-state index contributed by atoms with van der Waals surface area (Å²) >= 11 is 4.64. The fraction of sp³-hybridized carbons (Fsp3) is 0.200. The number of nitrogens with one attached hydrogen (secondary N) is 2. The van der Waals surface area contributed by atoms with Gasteiger partial charge in [-0.1, -0.05) is 0 Å². The Hall–Kier alpha value is -1.14. The van der Waals surface area contributed by atoms with E-state index in [-0.39, 0.29) is 5.17 Å². The van der Waals surface area contributed by atoms with Crippen molar-refractivity contribution in [2.45, 2.75) is 6.61 Å². The lowest BCUT2D eigenvalue weighted by atomic mass is 10.4. The van der Waals surface area contributed by atoms with Gasteiger partial charge in [0.2, 0.25) is 0 Å². The van der Waals surface area contributed by atoms with E-state index in [1.165, 1.54) is 0 Å². The molecule has 0 aliphatic rings. The molecule has 0 aliphatic carbocycles. The number of nitrogens with two attached hydrogens (primary N) is 1. The van der Waals surface area contributed by atoms with E-state index in [0.29, 0.717) is 6.61 Å². The van der Waals surface area contributed by atoms with Crippen LogP contribution in [0.3, 0.4) is 0 Å². The van der Waals surface area contributed by atoms with Crippen molar-refractivity contribution in [3.8, 4) is 0 Å². The number of thiocarbonyl (C=S) groups is 1. The monoisotopic (exact) mass is 172 g/mol. The second-order valence-corrected chi connectivity index (χ2v) is 2.20. The zero-order chi connectivity index (χ0) is 8.10. The number of nitrogens with zero attached hydrogens (tertiary/aromatic N) is 1. The van der Waals surface area contributed by atoms with Crippen molar-refractivity contribution in [3.05, 3.63) is 18.0 Å². The number of rotatable bonds is 2. The van der Waals surface area contributed by atoms with E-state index in [2.05, 4.69) is 27.8 Å². The molecule has 0 fully saturated rings. The molecule has 11 heavy (non-hydrogen) atoms.